The normalized spacial score (nSPS) is 10.3. The van der Waals surface area contributed by atoms with Crippen LogP contribution >= 0.6 is 0 Å². The highest BCUT2D eigenvalue weighted by Gasteiger charge is 2.05. The van der Waals surface area contributed by atoms with Crippen molar-refractivity contribution in [1.82, 2.24) is 0 Å². The molecule has 60 valence electrons. The van der Waals surface area contributed by atoms with Gasteiger partial charge >= 0.3 is 0 Å². The van der Waals surface area contributed by atoms with Crippen LogP contribution in [-0.4, -0.2) is 10.2 Å². The lowest BCUT2D eigenvalue weighted by Crippen LogP contribution is -1.63. The molecule has 0 spiro atoms. The summed E-state index contributed by atoms with van der Waals surface area (Å²) in [4.78, 5) is 0. The molecule has 2 nitrogen and oxygen atoms in total. The fourth-order valence-electron chi connectivity index (χ4n) is 1.22. The van der Waals surface area contributed by atoms with Crippen LogP contribution in [0.3, 0.4) is 0 Å². The van der Waals surface area contributed by atoms with Gasteiger partial charge in [-0.25, -0.2) is 0 Å². The maximum absolute atomic E-state index is 9.33. The van der Waals surface area contributed by atoms with E-state index < -0.39 is 0 Å². The van der Waals surface area contributed by atoms with Crippen LogP contribution in [0.1, 0.15) is 0 Å². The van der Waals surface area contributed by atoms with Crippen LogP contribution in [0.15, 0.2) is 36.4 Å². The molecule has 0 saturated heterocycles. The maximum atomic E-state index is 9.33. The Hall–Kier alpha value is -1.70. The van der Waals surface area contributed by atoms with Crippen LogP contribution in [0.4, 0.5) is 0 Å². The summed E-state index contributed by atoms with van der Waals surface area (Å²) in [5.41, 5.74) is 1.68. The van der Waals surface area contributed by atoms with Gasteiger partial charge in [0.2, 0.25) is 0 Å². The fourth-order valence-corrected chi connectivity index (χ4v) is 1.22. The summed E-state index contributed by atoms with van der Waals surface area (Å²) in [5, 5.41) is 18.5. The van der Waals surface area contributed by atoms with Crippen molar-refractivity contribution >= 4 is 0 Å². The minimum atomic E-state index is 0.200. The van der Waals surface area contributed by atoms with Gasteiger partial charge in [0.05, 0.1) is 0 Å². The second-order valence-corrected chi connectivity index (χ2v) is 2.68. The smallest absolute Gasteiger partial charge is 0.123 e. The average Bonchev–Trinajstić information content (AvgIpc) is 2.28. The molecule has 0 atom stereocenters. The van der Waals surface area contributed by atoms with Crippen LogP contribution in [-0.2, 0) is 0 Å². The highest BCUT2D eigenvalue weighted by Crippen LogP contribution is 2.32. The lowest BCUT2D eigenvalue weighted by molar-refractivity contribution is 0.475. The van der Waals surface area contributed by atoms with E-state index in [9.17, 15) is 5.11 Å². The van der Waals surface area contributed by atoms with E-state index in [4.69, 9.17) is 5.11 Å². The molecule has 0 aromatic rings. The third kappa shape index (κ3) is 0.975. The van der Waals surface area contributed by atoms with Crippen LogP contribution in [0.5, 0.6) is 11.5 Å². The van der Waals surface area contributed by atoms with Crippen LogP contribution in [0.25, 0.3) is 11.1 Å². The van der Waals surface area contributed by atoms with Crippen molar-refractivity contribution in [2.75, 3.05) is 0 Å². The summed E-state index contributed by atoms with van der Waals surface area (Å²) in [6.07, 6.45) is 0. The van der Waals surface area contributed by atoms with Gasteiger partial charge in [-0.3, -0.25) is 0 Å². The van der Waals surface area contributed by atoms with Crippen LogP contribution in [0, 0.1) is 0 Å². The van der Waals surface area contributed by atoms with Crippen LogP contribution in [0.2, 0.25) is 0 Å². The molecule has 2 aliphatic carbocycles. The van der Waals surface area contributed by atoms with Crippen molar-refractivity contribution < 1.29 is 10.2 Å². The Kier molecular flexibility index (Phi) is 1.40. The van der Waals surface area contributed by atoms with Crippen molar-refractivity contribution in [3.8, 4) is 22.6 Å². The van der Waals surface area contributed by atoms with Crippen molar-refractivity contribution in [2.24, 2.45) is 0 Å². The average molecular weight is 160 g/mol. The van der Waals surface area contributed by atoms with Crippen molar-refractivity contribution in [2.45, 2.75) is 0 Å². The highest BCUT2D eigenvalue weighted by molar-refractivity contribution is 5.73. The minimum Gasteiger partial charge on any atom is -0.508 e. The summed E-state index contributed by atoms with van der Waals surface area (Å²) in [6, 6.07) is 10.1. The summed E-state index contributed by atoms with van der Waals surface area (Å²) in [6.45, 7) is 0. The van der Waals surface area contributed by atoms with Gasteiger partial charge in [-0.15, -0.1) is 0 Å². The van der Waals surface area contributed by atoms with Gasteiger partial charge in [0.25, 0.3) is 0 Å². The number of aromatic hydroxyl groups is 2. The summed E-state index contributed by atoms with van der Waals surface area (Å²) >= 11 is 0. The molecule has 0 aliphatic heterocycles. The highest BCUT2D eigenvalue weighted by atomic mass is 16.3. The van der Waals surface area contributed by atoms with E-state index in [1.54, 1.807) is 30.3 Å². The molecule has 0 heterocycles. The third-order valence-corrected chi connectivity index (χ3v) is 1.86. The predicted molar refractivity (Wildman–Crippen MR) is 46.4 cm³/mol. The molecule has 2 rings (SSSR count). The fraction of sp³-hybridized carbons (Fsp3) is 0. The number of hydrogen-bond acceptors (Lipinski definition) is 2. The van der Waals surface area contributed by atoms with E-state index in [0.29, 0.717) is 0 Å². The zero-order chi connectivity index (χ0) is 8.55. The zero-order valence-corrected chi connectivity index (χ0v) is 6.36. The van der Waals surface area contributed by atoms with E-state index in [-0.39, 0.29) is 11.5 Å². The first-order valence-electron chi connectivity index (χ1n) is 3.68. The van der Waals surface area contributed by atoms with E-state index >= 15 is 0 Å². The minimum absolute atomic E-state index is 0.200. The number of fused-ring (bicyclic) bond motifs is 1. The van der Waals surface area contributed by atoms with Crippen LogP contribution < -0.4 is 0 Å². The molecule has 0 fully saturated rings. The Morgan fingerprint density at radius 3 is 2.25 bits per heavy atom. The zero-order valence-electron chi connectivity index (χ0n) is 6.36. The molecule has 0 aromatic carbocycles. The standard InChI is InChI=1S/C10H8O2/c11-8-3-1-7-2-6-10(12)9(7)5-4-8/h1-6,11-12H. The SMILES string of the molecule is Oc1ccc2ccc(O)c-2cc1. The Balaban J connectivity index is 2.73. The topological polar surface area (TPSA) is 40.5 Å². The second kappa shape index (κ2) is 2.41. The summed E-state index contributed by atoms with van der Waals surface area (Å²) < 4.78 is 0. The first-order valence-corrected chi connectivity index (χ1v) is 3.68. The van der Waals surface area contributed by atoms with Crippen molar-refractivity contribution in [1.29, 1.82) is 0 Å². The largest absolute Gasteiger partial charge is 0.508 e. The molecule has 2 aliphatic rings. The van der Waals surface area contributed by atoms with E-state index in [1.807, 2.05) is 6.07 Å². The number of rotatable bonds is 0. The Bertz CT molecular complexity index is 382. The van der Waals surface area contributed by atoms with Gasteiger partial charge in [0.1, 0.15) is 11.5 Å². The monoisotopic (exact) mass is 160 g/mol. The van der Waals surface area contributed by atoms with Gasteiger partial charge in [-0.05, 0) is 29.8 Å². The molecule has 0 aromatic heterocycles. The Morgan fingerprint density at radius 1 is 0.750 bits per heavy atom. The molecule has 12 heavy (non-hydrogen) atoms. The maximum Gasteiger partial charge on any atom is 0.123 e. The van der Waals surface area contributed by atoms with Crippen molar-refractivity contribution in [3.05, 3.63) is 36.4 Å². The van der Waals surface area contributed by atoms with Crippen molar-refractivity contribution in [3.63, 3.8) is 0 Å². The summed E-state index contributed by atoms with van der Waals surface area (Å²) in [5.74, 6) is 0.450. The van der Waals surface area contributed by atoms with Gasteiger partial charge in [-0.2, -0.15) is 0 Å². The first kappa shape index (κ1) is 6.98. The Labute approximate surface area is 70.1 Å². The molecular formula is C10H8O2. The molecule has 2 heteroatoms. The number of hydrogen-bond donors (Lipinski definition) is 2. The molecule has 2 N–H and O–H groups in total. The van der Waals surface area contributed by atoms with E-state index in [0.717, 1.165) is 11.1 Å². The third-order valence-electron chi connectivity index (χ3n) is 1.86. The molecule has 0 unspecified atom stereocenters. The lowest BCUT2D eigenvalue weighted by atomic mass is 10.2. The van der Waals surface area contributed by atoms with E-state index in [2.05, 4.69) is 0 Å². The lowest BCUT2D eigenvalue weighted by Gasteiger charge is -1.90. The molecule has 0 radical (unpaired) electrons. The summed E-state index contributed by atoms with van der Waals surface area (Å²) in [7, 11) is 0. The quantitative estimate of drug-likeness (QED) is 0.620. The molecular weight excluding hydrogens is 152 g/mol. The molecule has 0 amide bonds. The van der Waals surface area contributed by atoms with Gasteiger partial charge in [0.15, 0.2) is 0 Å². The van der Waals surface area contributed by atoms with Gasteiger partial charge < -0.3 is 10.2 Å². The molecule has 0 bridgehead atoms. The second-order valence-electron chi connectivity index (χ2n) is 2.68. The molecule has 0 saturated carbocycles. The predicted octanol–water partition coefficient (Wildman–Crippen LogP) is 2.20. The Morgan fingerprint density at radius 2 is 1.42 bits per heavy atom. The first-order chi connectivity index (χ1) is 5.77. The van der Waals surface area contributed by atoms with Gasteiger partial charge in [0, 0.05) is 5.56 Å². The van der Waals surface area contributed by atoms with Gasteiger partial charge in [-0.1, -0.05) is 12.1 Å². The van der Waals surface area contributed by atoms with E-state index in [1.165, 1.54) is 0 Å².